The van der Waals surface area contributed by atoms with Crippen LogP contribution in [0.3, 0.4) is 0 Å². The molecule has 0 atom stereocenters. The van der Waals surface area contributed by atoms with Gasteiger partial charge in [-0.25, -0.2) is 9.78 Å². The highest BCUT2D eigenvalue weighted by Crippen LogP contribution is 2.39. The summed E-state index contributed by atoms with van der Waals surface area (Å²) >= 11 is 1.45. The van der Waals surface area contributed by atoms with Crippen molar-refractivity contribution in [1.29, 1.82) is 0 Å². The summed E-state index contributed by atoms with van der Waals surface area (Å²) in [5.41, 5.74) is 1.91. The van der Waals surface area contributed by atoms with E-state index in [0.29, 0.717) is 27.8 Å². The average molecular weight is 394 g/mol. The molecule has 2 heterocycles. The molecule has 1 aliphatic rings. The molecule has 0 unspecified atom stereocenters. The maximum absolute atomic E-state index is 12.8. The molecule has 0 radical (unpaired) electrons. The molecule has 0 spiro atoms. The van der Waals surface area contributed by atoms with Crippen molar-refractivity contribution in [3.05, 3.63) is 70.2 Å². The van der Waals surface area contributed by atoms with Gasteiger partial charge in [0.2, 0.25) is 5.88 Å². The fourth-order valence-electron chi connectivity index (χ4n) is 3.21. The fourth-order valence-corrected chi connectivity index (χ4v) is 4.49. The van der Waals surface area contributed by atoms with Gasteiger partial charge in [0, 0.05) is 22.7 Å². The smallest absolute Gasteiger partial charge is 0.341 e. The van der Waals surface area contributed by atoms with Gasteiger partial charge in [-0.05, 0) is 49.1 Å². The van der Waals surface area contributed by atoms with E-state index in [4.69, 9.17) is 9.47 Å². The number of ether oxygens (including phenoxy) is 2. The summed E-state index contributed by atoms with van der Waals surface area (Å²) in [7, 11) is 1.35. The Bertz CT molecular complexity index is 1030. The molecule has 3 aromatic rings. The second kappa shape index (κ2) is 7.82. The SMILES string of the molecule is COC(=O)c1c(NC(=O)c2cccc(Oc3ccccn3)c2)sc2c1CCC2. The molecule has 1 aliphatic carbocycles. The highest BCUT2D eigenvalue weighted by atomic mass is 32.1. The van der Waals surface area contributed by atoms with E-state index in [0.717, 1.165) is 29.7 Å². The van der Waals surface area contributed by atoms with E-state index in [2.05, 4.69) is 10.3 Å². The van der Waals surface area contributed by atoms with Crippen LogP contribution in [0.4, 0.5) is 5.00 Å². The van der Waals surface area contributed by atoms with Crippen molar-refractivity contribution in [2.75, 3.05) is 12.4 Å². The van der Waals surface area contributed by atoms with E-state index in [1.807, 2.05) is 6.07 Å². The van der Waals surface area contributed by atoms with Crippen molar-refractivity contribution in [1.82, 2.24) is 4.98 Å². The topological polar surface area (TPSA) is 77.5 Å². The number of amides is 1. The standard InChI is InChI=1S/C21H18N2O4S/c1-26-21(25)18-15-8-5-9-16(15)28-20(18)23-19(24)13-6-4-7-14(12-13)27-17-10-2-3-11-22-17/h2-4,6-7,10-12H,5,8-9H2,1H3,(H,23,24). The third kappa shape index (κ3) is 3.61. The number of hydrogen-bond donors (Lipinski definition) is 1. The van der Waals surface area contributed by atoms with Crippen LogP contribution in [0, 0.1) is 0 Å². The number of fused-ring (bicyclic) bond motifs is 1. The number of thiophene rings is 1. The number of nitrogens with one attached hydrogen (secondary N) is 1. The van der Waals surface area contributed by atoms with Crippen LogP contribution in [0.2, 0.25) is 0 Å². The third-order valence-corrected chi connectivity index (χ3v) is 5.70. The summed E-state index contributed by atoms with van der Waals surface area (Å²) in [6, 6.07) is 12.2. The zero-order chi connectivity index (χ0) is 19.5. The minimum absolute atomic E-state index is 0.309. The zero-order valence-corrected chi connectivity index (χ0v) is 16.0. The first-order valence-electron chi connectivity index (χ1n) is 8.89. The number of pyridine rings is 1. The lowest BCUT2D eigenvalue weighted by atomic mass is 10.1. The molecular weight excluding hydrogens is 376 g/mol. The Labute approximate surface area is 166 Å². The predicted octanol–water partition coefficient (Wildman–Crippen LogP) is 4.46. The summed E-state index contributed by atoms with van der Waals surface area (Å²) in [4.78, 5) is 30.3. The minimum Gasteiger partial charge on any atom is -0.465 e. The molecule has 2 aromatic heterocycles. The van der Waals surface area contributed by atoms with Crippen LogP contribution in [0.25, 0.3) is 0 Å². The van der Waals surface area contributed by atoms with Gasteiger partial charge in [-0.3, -0.25) is 4.79 Å². The lowest BCUT2D eigenvalue weighted by Gasteiger charge is -2.09. The van der Waals surface area contributed by atoms with Crippen molar-refractivity contribution in [3.8, 4) is 11.6 Å². The number of carbonyl (C=O) groups is 2. The first-order valence-corrected chi connectivity index (χ1v) is 9.70. The second-order valence-corrected chi connectivity index (χ2v) is 7.41. The van der Waals surface area contributed by atoms with Crippen molar-refractivity contribution < 1.29 is 19.1 Å². The van der Waals surface area contributed by atoms with E-state index in [-0.39, 0.29) is 5.91 Å². The highest BCUT2D eigenvalue weighted by Gasteiger charge is 2.28. The van der Waals surface area contributed by atoms with Gasteiger partial charge in [0.15, 0.2) is 0 Å². The highest BCUT2D eigenvalue weighted by molar-refractivity contribution is 7.17. The van der Waals surface area contributed by atoms with Gasteiger partial charge in [-0.1, -0.05) is 12.1 Å². The van der Waals surface area contributed by atoms with E-state index >= 15 is 0 Å². The van der Waals surface area contributed by atoms with E-state index in [1.165, 1.54) is 18.4 Å². The monoisotopic (exact) mass is 394 g/mol. The average Bonchev–Trinajstić information content (AvgIpc) is 3.29. The van der Waals surface area contributed by atoms with Crippen LogP contribution in [-0.4, -0.2) is 24.0 Å². The van der Waals surface area contributed by atoms with Gasteiger partial charge < -0.3 is 14.8 Å². The number of rotatable bonds is 5. The van der Waals surface area contributed by atoms with Crippen LogP contribution in [-0.2, 0) is 17.6 Å². The Morgan fingerprint density at radius 3 is 2.82 bits per heavy atom. The van der Waals surface area contributed by atoms with Gasteiger partial charge in [0.25, 0.3) is 5.91 Å². The molecule has 0 fully saturated rings. The molecule has 7 heteroatoms. The maximum Gasteiger partial charge on any atom is 0.341 e. The molecule has 1 aromatic carbocycles. The van der Waals surface area contributed by atoms with Crippen LogP contribution >= 0.6 is 11.3 Å². The van der Waals surface area contributed by atoms with Crippen LogP contribution < -0.4 is 10.1 Å². The van der Waals surface area contributed by atoms with Crippen molar-refractivity contribution >= 4 is 28.2 Å². The molecule has 0 aliphatic heterocycles. The quantitative estimate of drug-likeness (QED) is 0.647. The summed E-state index contributed by atoms with van der Waals surface area (Å²) in [6.45, 7) is 0. The summed E-state index contributed by atoms with van der Waals surface area (Å²) in [5.74, 6) is 0.231. The predicted molar refractivity (Wildman–Crippen MR) is 106 cm³/mol. The van der Waals surface area contributed by atoms with Crippen molar-refractivity contribution in [2.24, 2.45) is 0 Å². The molecule has 4 rings (SSSR count). The summed E-state index contributed by atoms with van der Waals surface area (Å²) < 4.78 is 10.6. The minimum atomic E-state index is -0.415. The van der Waals surface area contributed by atoms with E-state index in [1.54, 1.807) is 42.6 Å². The molecular formula is C21H18N2O4S. The zero-order valence-electron chi connectivity index (χ0n) is 15.2. The Balaban J connectivity index is 1.56. The van der Waals surface area contributed by atoms with Crippen LogP contribution in [0.15, 0.2) is 48.7 Å². The normalized spacial score (nSPS) is 12.3. The van der Waals surface area contributed by atoms with Crippen molar-refractivity contribution in [2.45, 2.75) is 19.3 Å². The number of esters is 1. The van der Waals surface area contributed by atoms with Crippen LogP contribution in [0.1, 0.15) is 37.6 Å². The number of aromatic nitrogens is 1. The number of hydrogen-bond acceptors (Lipinski definition) is 6. The molecule has 0 saturated heterocycles. The van der Waals surface area contributed by atoms with Gasteiger partial charge >= 0.3 is 5.97 Å². The third-order valence-electron chi connectivity index (χ3n) is 4.49. The van der Waals surface area contributed by atoms with Gasteiger partial charge in [0.05, 0.1) is 12.7 Å². The van der Waals surface area contributed by atoms with Gasteiger partial charge in [0.1, 0.15) is 10.8 Å². The van der Waals surface area contributed by atoms with E-state index < -0.39 is 5.97 Å². The number of aryl methyl sites for hydroxylation is 1. The fraction of sp³-hybridized carbons (Fsp3) is 0.190. The number of carbonyl (C=O) groups excluding carboxylic acids is 2. The number of nitrogens with zero attached hydrogens (tertiary/aromatic N) is 1. The Kier molecular flexibility index (Phi) is 5.08. The maximum atomic E-state index is 12.8. The van der Waals surface area contributed by atoms with Crippen molar-refractivity contribution in [3.63, 3.8) is 0 Å². The largest absolute Gasteiger partial charge is 0.465 e. The summed E-state index contributed by atoms with van der Waals surface area (Å²) in [5, 5.41) is 3.41. The first kappa shape index (κ1) is 18.2. The number of methoxy groups -OCH3 is 1. The molecule has 0 bridgehead atoms. The number of anilines is 1. The molecule has 0 saturated carbocycles. The molecule has 28 heavy (non-hydrogen) atoms. The second-order valence-electron chi connectivity index (χ2n) is 6.31. The molecule has 1 amide bonds. The van der Waals surface area contributed by atoms with E-state index in [9.17, 15) is 9.59 Å². The van der Waals surface area contributed by atoms with Gasteiger partial charge in [-0.2, -0.15) is 0 Å². The molecule has 142 valence electrons. The lowest BCUT2D eigenvalue weighted by Crippen LogP contribution is -2.14. The van der Waals surface area contributed by atoms with Crippen LogP contribution in [0.5, 0.6) is 11.6 Å². The number of benzene rings is 1. The summed E-state index contributed by atoms with van der Waals surface area (Å²) in [6.07, 6.45) is 4.41. The molecule has 1 N–H and O–H groups in total. The molecule has 6 nitrogen and oxygen atoms in total. The Hall–Kier alpha value is -3.19. The Morgan fingerprint density at radius 1 is 1.14 bits per heavy atom. The van der Waals surface area contributed by atoms with Gasteiger partial charge in [-0.15, -0.1) is 11.3 Å². The lowest BCUT2D eigenvalue weighted by molar-refractivity contribution is 0.0601. The first-order chi connectivity index (χ1) is 13.7. The Morgan fingerprint density at radius 2 is 2.04 bits per heavy atom.